The molecular formula is C13H19FN2O3S. The first-order chi connectivity index (χ1) is 9.49. The van der Waals surface area contributed by atoms with Gasteiger partial charge in [-0.1, -0.05) is 12.1 Å². The molecule has 0 unspecified atom stereocenters. The van der Waals surface area contributed by atoms with Crippen LogP contribution in [0.25, 0.3) is 0 Å². The van der Waals surface area contributed by atoms with E-state index in [1.807, 2.05) is 0 Å². The molecule has 0 aliphatic rings. The van der Waals surface area contributed by atoms with Crippen molar-refractivity contribution in [2.45, 2.75) is 13.0 Å². The predicted octanol–water partition coefficient (Wildman–Crippen LogP) is 1.27. The van der Waals surface area contributed by atoms with E-state index >= 15 is 0 Å². The molecule has 0 aliphatic carbocycles. The molecule has 2 atom stereocenters. The number of benzene rings is 1. The fourth-order valence-electron chi connectivity index (χ4n) is 1.40. The summed E-state index contributed by atoms with van der Waals surface area (Å²) in [7, 11) is -0.935. The minimum atomic E-state index is -0.935. The molecule has 0 bridgehead atoms. The molecule has 0 heterocycles. The molecule has 5 nitrogen and oxygen atoms in total. The van der Waals surface area contributed by atoms with Gasteiger partial charge in [0.2, 0.25) is 0 Å². The van der Waals surface area contributed by atoms with Crippen molar-refractivity contribution in [1.82, 2.24) is 10.6 Å². The number of halogens is 1. The van der Waals surface area contributed by atoms with Crippen LogP contribution < -0.4 is 15.4 Å². The molecule has 0 saturated heterocycles. The molecule has 1 aromatic rings. The number of hydrogen-bond donors (Lipinski definition) is 2. The molecular weight excluding hydrogens is 283 g/mol. The van der Waals surface area contributed by atoms with E-state index < -0.39 is 16.6 Å². The van der Waals surface area contributed by atoms with Crippen LogP contribution in [0.2, 0.25) is 0 Å². The number of nitrogens with one attached hydrogen (secondary N) is 2. The predicted molar refractivity (Wildman–Crippen MR) is 76.8 cm³/mol. The molecule has 1 rings (SSSR count). The summed E-state index contributed by atoms with van der Waals surface area (Å²) in [5.41, 5.74) is 0. The first-order valence-corrected chi connectivity index (χ1v) is 7.93. The van der Waals surface area contributed by atoms with Crippen LogP contribution in [0.1, 0.15) is 6.92 Å². The van der Waals surface area contributed by atoms with Crippen LogP contribution in [0, 0.1) is 5.82 Å². The monoisotopic (exact) mass is 302 g/mol. The first kappa shape index (κ1) is 16.4. The molecule has 7 heteroatoms. The Morgan fingerprint density at radius 2 is 2.15 bits per heavy atom. The lowest BCUT2D eigenvalue weighted by atomic mass is 10.3. The fourth-order valence-corrected chi connectivity index (χ4v) is 1.79. The zero-order valence-corrected chi connectivity index (χ0v) is 12.3. The van der Waals surface area contributed by atoms with Crippen LogP contribution in [0.3, 0.4) is 0 Å². The summed E-state index contributed by atoms with van der Waals surface area (Å²) < 4.78 is 29.4. The van der Waals surface area contributed by atoms with Gasteiger partial charge in [-0.25, -0.2) is 9.18 Å². The molecule has 2 amide bonds. The quantitative estimate of drug-likeness (QED) is 0.797. The van der Waals surface area contributed by atoms with E-state index in [1.165, 1.54) is 12.1 Å². The van der Waals surface area contributed by atoms with Gasteiger partial charge < -0.3 is 15.4 Å². The Bertz CT molecular complexity index is 471. The molecule has 0 saturated carbocycles. The minimum Gasteiger partial charge on any atom is -0.488 e. The van der Waals surface area contributed by atoms with Gasteiger partial charge in [-0.15, -0.1) is 0 Å². The van der Waals surface area contributed by atoms with E-state index in [1.54, 1.807) is 25.3 Å². The summed E-state index contributed by atoms with van der Waals surface area (Å²) >= 11 is 0. The second-order valence-corrected chi connectivity index (χ2v) is 5.87. The van der Waals surface area contributed by atoms with E-state index in [0.717, 1.165) is 0 Å². The summed E-state index contributed by atoms with van der Waals surface area (Å²) in [6.07, 6.45) is 1.57. The largest absolute Gasteiger partial charge is 0.488 e. The number of rotatable bonds is 7. The number of amides is 2. The third-order valence-electron chi connectivity index (χ3n) is 2.38. The second-order valence-electron chi connectivity index (χ2n) is 4.32. The molecule has 0 fully saturated rings. The summed E-state index contributed by atoms with van der Waals surface area (Å²) in [6.45, 7) is 2.25. The van der Waals surface area contributed by atoms with Gasteiger partial charge in [0.15, 0.2) is 11.6 Å². The van der Waals surface area contributed by atoms with E-state index in [-0.39, 0.29) is 24.4 Å². The summed E-state index contributed by atoms with van der Waals surface area (Å²) in [5, 5.41) is 5.23. The van der Waals surface area contributed by atoms with Crippen molar-refractivity contribution >= 4 is 16.8 Å². The zero-order chi connectivity index (χ0) is 15.0. The summed E-state index contributed by atoms with van der Waals surface area (Å²) in [4.78, 5) is 11.5. The van der Waals surface area contributed by atoms with Crippen molar-refractivity contribution in [2.24, 2.45) is 0 Å². The Labute approximate surface area is 120 Å². The first-order valence-electron chi connectivity index (χ1n) is 6.20. The molecule has 112 valence electrons. The van der Waals surface area contributed by atoms with Crippen molar-refractivity contribution in [3.05, 3.63) is 30.1 Å². The topological polar surface area (TPSA) is 67.4 Å². The normalized spacial score (nSPS) is 13.3. The maximum absolute atomic E-state index is 13.3. The molecule has 0 spiro atoms. The van der Waals surface area contributed by atoms with Crippen molar-refractivity contribution in [1.29, 1.82) is 0 Å². The highest BCUT2D eigenvalue weighted by Crippen LogP contribution is 2.15. The highest BCUT2D eigenvalue weighted by molar-refractivity contribution is 7.84. The van der Waals surface area contributed by atoms with Crippen molar-refractivity contribution < 1.29 is 18.1 Å². The van der Waals surface area contributed by atoms with Crippen LogP contribution in [0.4, 0.5) is 9.18 Å². The minimum absolute atomic E-state index is 0.155. The molecule has 1 aromatic carbocycles. The summed E-state index contributed by atoms with van der Waals surface area (Å²) in [6, 6.07) is 5.45. The average molecular weight is 302 g/mol. The average Bonchev–Trinajstić information content (AvgIpc) is 2.37. The van der Waals surface area contributed by atoms with E-state index in [2.05, 4.69) is 10.6 Å². The van der Waals surface area contributed by atoms with E-state index in [0.29, 0.717) is 12.3 Å². The Balaban J connectivity index is 2.26. The number of hydrogen-bond acceptors (Lipinski definition) is 3. The van der Waals surface area contributed by atoms with Crippen molar-refractivity contribution in [3.8, 4) is 5.75 Å². The Kier molecular flexibility index (Phi) is 7.00. The third-order valence-corrected chi connectivity index (χ3v) is 3.16. The number of urea groups is 1. The number of ether oxygens (including phenoxy) is 1. The molecule has 0 radical (unpaired) electrons. The van der Waals surface area contributed by atoms with E-state index in [4.69, 9.17) is 4.74 Å². The van der Waals surface area contributed by atoms with Gasteiger partial charge in [-0.2, -0.15) is 0 Å². The van der Waals surface area contributed by atoms with Gasteiger partial charge in [-0.05, 0) is 19.1 Å². The summed E-state index contributed by atoms with van der Waals surface area (Å²) in [5.74, 6) is 0.130. The third kappa shape index (κ3) is 6.51. The van der Waals surface area contributed by atoms with Crippen LogP contribution in [-0.4, -0.2) is 41.4 Å². The molecule has 20 heavy (non-hydrogen) atoms. The van der Waals surface area contributed by atoms with Gasteiger partial charge >= 0.3 is 6.03 Å². The molecule has 2 N–H and O–H groups in total. The van der Waals surface area contributed by atoms with Gasteiger partial charge in [0.25, 0.3) is 0 Å². The van der Waals surface area contributed by atoms with Crippen LogP contribution in [0.15, 0.2) is 24.3 Å². The van der Waals surface area contributed by atoms with Gasteiger partial charge in [-0.3, -0.25) is 4.21 Å². The lowest BCUT2D eigenvalue weighted by molar-refractivity contribution is 0.225. The van der Waals surface area contributed by atoms with Crippen LogP contribution in [-0.2, 0) is 10.8 Å². The number of para-hydroxylation sites is 1. The van der Waals surface area contributed by atoms with E-state index in [9.17, 15) is 13.4 Å². The molecule has 0 aliphatic heterocycles. The maximum atomic E-state index is 13.3. The van der Waals surface area contributed by atoms with Crippen molar-refractivity contribution in [3.63, 3.8) is 0 Å². The smallest absolute Gasteiger partial charge is 0.315 e. The van der Waals surface area contributed by atoms with Crippen molar-refractivity contribution in [2.75, 3.05) is 25.2 Å². The SMILES string of the molecule is C[C@H](COc1ccccc1F)NC(=O)NCC[S@@](C)=O. The number of carbonyl (C=O) groups is 1. The van der Waals surface area contributed by atoms with Crippen LogP contribution >= 0.6 is 0 Å². The highest BCUT2D eigenvalue weighted by Gasteiger charge is 2.09. The van der Waals surface area contributed by atoms with Gasteiger partial charge in [0.1, 0.15) is 6.61 Å². The molecule has 0 aromatic heterocycles. The number of carbonyl (C=O) groups excluding carboxylic acids is 1. The Hall–Kier alpha value is -1.63. The maximum Gasteiger partial charge on any atom is 0.315 e. The Morgan fingerprint density at radius 1 is 1.45 bits per heavy atom. The lowest BCUT2D eigenvalue weighted by Gasteiger charge is -2.15. The lowest BCUT2D eigenvalue weighted by Crippen LogP contribution is -2.44. The van der Waals surface area contributed by atoms with Crippen LogP contribution in [0.5, 0.6) is 5.75 Å². The fraction of sp³-hybridized carbons (Fsp3) is 0.462. The van der Waals surface area contributed by atoms with Gasteiger partial charge in [0, 0.05) is 29.4 Å². The zero-order valence-electron chi connectivity index (χ0n) is 11.5. The second kappa shape index (κ2) is 8.52. The standard InChI is InChI=1S/C13H19FN2O3S/c1-10(16-13(17)15-7-8-20(2)18)9-19-12-6-4-3-5-11(12)14/h3-6,10H,7-9H2,1-2H3,(H2,15,16,17)/t10-,20-/m1/s1. The van der Waals surface area contributed by atoms with Gasteiger partial charge in [0.05, 0.1) is 6.04 Å². The highest BCUT2D eigenvalue weighted by atomic mass is 32.2. The Morgan fingerprint density at radius 3 is 2.80 bits per heavy atom.